The Morgan fingerprint density at radius 2 is 1.73 bits per heavy atom. The molecule has 2 aromatic carbocycles. The minimum absolute atomic E-state index is 0.113. The first-order valence-corrected chi connectivity index (χ1v) is 10.0. The third kappa shape index (κ3) is 4.26. The van der Waals surface area contributed by atoms with Crippen molar-refractivity contribution in [3.63, 3.8) is 0 Å². The predicted octanol–water partition coefficient (Wildman–Crippen LogP) is 4.11. The molecule has 1 aliphatic carbocycles. The van der Waals surface area contributed by atoms with Crippen LogP contribution in [0.25, 0.3) is 11.3 Å². The number of nitrogens with one attached hydrogen (secondary N) is 2. The fourth-order valence-corrected chi connectivity index (χ4v) is 3.70. The summed E-state index contributed by atoms with van der Waals surface area (Å²) in [4.78, 5) is 21.1. The zero-order valence-corrected chi connectivity index (χ0v) is 16.9. The molecule has 1 fully saturated rings. The molecule has 30 heavy (non-hydrogen) atoms. The van der Waals surface area contributed by atoms with E-state index in [-0.39, 0.29) is 5.91 Å². The van der Waals surface area contributed by atoms with Crippen molar-refractivity contribution in [2.24, 2.45) is 5.73 Å². The van der Waals surface area contributed by atoms with Gasteiger partial charge in [0.2, 0.25) is 5.91 Å². The van der Waals surface area contributed by atoms with E-state index in [1.165, 1.54) is 6.33 Å². The number of aromatic nitrogens is 2. The summed E-state index contributed by atoms with van der Waals surface area (Å²) in [6.07, 6.45) is 4.99. The standard InChI is InChI=1S/C23H25N5O2/c1-30-20-7-3-2-6-18(20)19-14-21(26-15-25-19)27-16-8-10-17(11-9-16)28-22(29)23(24)12-4-5-13-23/h2-3,6-11,14-15H,4-5,12-13,24H2,1H3,(H,28,29)(H,25,26,27). The number of carbonyl (C=O) groups excluding carboxylic acids is 1. The van der Waals surface area contributed by atoms with Gasteiger partial charge in [-0.3, -0.25) is 4.79 Å². The molecule has 0 spiro atoms. The number of anilines is 3. The van der Waals surface area contributed by atoms with E-state index >= 15 is 0 Å². The molecule has 7 heteroatoms. The zero-order valence-electron chi connectivity index (χ0n) is 16.9. The zero-order chi connectivity index (χ0) is 21.0. The van der Waals surface area contributed by atoms with Gasteiger partial charge in [0, 0.05) is 23.0 Å². The van der Waals surface area contributed by atoms with Crippen molar-refractivity contribution in [3.05, 3.63) is 60.9 Å². The summed E-state index contributed by atoms with van der Waals surface area (Å²) < 4.78 is 5.42. The molecule has 154 valence electrons. The van der Waals surface area contributed by atoms with Gasteiger partial charge in [0.05, 0.1) is 18.3 Å². The lowest BCUT2D eigenvalue weighted by Gasteiger charge is -2.22. The van der Waals surface area contributed by atoms with E-state index in [1.54, 1.807) is 7.11 Å². The van der Waals surface area contributed by atoms with Gasteiger partial charge in [-0.15, -0.1) is 0 Å². The van der Waals surface area contributed by atoms with Crippen molar-refractivity contribution < 1.29 is 9.53 Å². The monoisotopic (exact) mass is 403 g/mol. The van der Waals surface area contributed by atoms with Gasteiger partial charge in [0.1, 0.15) is 17.9 Å². The highest BCUT2D eigenvalue weighted by atomic mass is 16.5. The Kier molecular flexibility index (Phi) is 5.63. The molecule has 0 aliphatic heterocycles. The van der Waals surface area contributed by atoms with Crippen molar-refractivity contribution in [2.45, 2.75) is 31.2 Å². The lowest BCUT2D eigenvalue weighted by Crippen LogP contribution is -2.48. The molecule has 4 rings (SSSR count). The quantitative estimate of drug-likeness (QED) is 0.573. The molecule has 1 amide bonds. The van der Waals surface area contributed by atoms with Crippen molar-refractivity contribution in [2.75, 3.05) is 17.7 Å². The van der Waals surface area contributed by atoms with E-state index in [1.807, 2.05) is 54.6 Å². The highest BCUT2D eigenvalue weighted by Gasteiger charge is 2.36. The number of carbonyl (C=O) groups is 1. The first-order chi connectivity index (χ1) is 14.6. The van der Waals surface area contributed by atoms with E-state index < -0.39 is 5.54 Å². The fraction of sp³-hybridized carbons (Fsp3) is 0.261. The van der Waals surface area contributed by atoms with Crippen LogP contribution in [0, 0.1) is 0 Å². The van der Waals surface area contributed by atoms with Crippen molar-refractivity contribution in [1.82, 2.24) is 9.97 Å². The second-order valence-electron chi connectivity index (χ2n) is 7.51. The summed E-state index contributed by atoms with van der Waals surface area (Å²) in [5.74, 6) is 1.30. The number of rotatable bonds is 6. The first kappa shape index (κ1) is 19.8. The van der Waals surface area contributed by atoms with Gasteiger partial charge >= 0.3 is 0 Å². The molecule has 4 N–H and O–H groups in total. The van der Waals surface area contributed by atoms with Crippen LogP contribution in [0.3, 0.4) is 0 Å². The molecule has 3 aromatic rings. The molecular formula is C23H25N5O2. The summed E-state index contributed by atoms with van der Waals surface area (Å²) in [5.41, 5.74) is 8.70. The summed E-state index contributed by atoms with van der Waals surface area (Å²) >= 11 is 0. The molecule has 0 bridgehead atoms. The van der Waals surface area contributed by atoms with Crippen LogP contribution in [0.2, 0.25) is 0 Å². The lowest BCUT2D eigenvalue weighted by molar-refractivity contribution is -0.121. The number of methoxy groups -OCH3 is 1. The maximum Gasteiger partial charge on any atom is 0.244 e. The van der Waals surface area contributed by atoms with Crippen LogP contribution in [-0.4, -0.2) is 28.5 Å². The average Bonchev–Trinajstić information content (AvgIpc) is 3.23. The van der Waals surface area contributed by atoms with E-state index in [4.69, 9.17) is 10.5 Å². The fourth-order valence-electron chi connectivity index (χ4n) is 3.70. The Balaban J connectivity index is 1.45. The Morgan fingerprint density at radius 3 is 2.47 bits per heavy atom. The van der Waals surface area contributed by atoms with Gasteiger partial charge in [-0.2, -0.15) is 0 Å². The first-order valence-electron chi connectivity index (χ1n) is 10.0. The molecule has 0 unspecified atom stereocenters. The van der Waals surface area contributed by atoms with E-state index in [0.717, 1.165) is 54.1 Å². The third-order valence-corrected chi connectivity index (χ3v) is 5.41. The summed E-state index contributed by atoms with van der Waals surface area (Å²) in [6.45, 7) is 0. The molecule has 1 heterocycles. The topological polar surface area (TPSA) is 102 Å². The number of amides is 1. The molecule has 1 saturated carbocycles. The van der Waals surface area contributed by atoms with Crippen LogP contribution in [0.5, 0.6) is 5.75 Å². The summed E-state index contributed by atoms with van der Waals surface area (Å²) in [6, 6.07) is 17.1. The van der Waals surface area contributed by atoms with Gasteiger partial charge in [-0.1, -0.05) is 25.0 Å². The van der Waals surface area contributed by atoms with Crippen LogP contribution in [0.15, 0.2) is 60.9 Å². The van der Waals surface area contributed by atoms with Gasteiger partial charge in [0.25, 0.3) is 0 Å². The Bertz CT molecular complexity index is 1030. The van der Waals surface area contributed by atoms with Crippen LogP contribution >= 0.6 is 0 Å². The molecule has 0 saturated heterocycles. The normalized spacial score (nSPS) is 14.9. The van der Waals surface area contributed by atoms with E-state index in [2.05, 4.69) is 20.6 Å². The smallest absolute Gasteiger partial charge is 0.244 e. The maximum atomic E-state index is 12.5. The molecule has 1 aromatic heterocycles. The Labute approximate surface area is 175 Å². The Morgan fingerprint density at radius 1 is 1.03 bits per heavy atom. The van der Waals surface area contributed by atoms with Crippen LogP contribution < -0.4 is 21.1 Å². The van der Waals surface area contributed by atoms with Crippen molar-refractivity contribution in [1.29, 1.82) is 0 Å². The predicted molar refractivity (Wildman–Crippen MR) is 118 cm³/mol. The summed E-state index contributed by atoms with van der Waals surface area (Å²) in [5, 5.41) is 6.19. The van der Waals surface area contributed by atoms with Gasteiger partial charge in [-0.25, -0.2) is 9.97 Å². The van der Waals surface area contributed by atoms with Crippen LogP contribution in [-0.2, 0) is 4.79 Å². The molecule has 0 radical (unpaired) electrons. The average molecular weight is 403 g/mol. The van der Waals surface area contributed by atoms with Gasteiger partial charge in [0.15, 0.2) is 0 Å². The number of nitrogens with zero attached hydrogens (tertiary/aromatic N) is 2. The van der Waals surface area contributed by atoms with Crippen LogP contribution in [0.1, 0.15) is 25.7 Å². The summed E-state index contributed by atoms with van der Waals surface area (Å²) in [7, 11) is 1.64. The number of para-hydroxylation sites is 1. The van der Waals surface area contributed by atoms with Crippen molar-refractivity contribution in [3.8, 4) is 17.0 Å². The number of benzene rings is 2. The SMILES string of the molecule is COc1ccccc1-c1cc(Nc2ccc(NC(=O)C3(N)CCCC3)cc2)ncn1. The molecule has 0 atom stereocenters. The minimum atomic E-state index is -0.743. The van der Waals surface area contributed by atoms with Crippen molar-refractivity contribution >= 4 is 23.1 Å². The third-order valence-electron chi connectivity index (χ3n) is 5.41. The maximum absolute atomic E-state index is 12.5. The number of nitrogens with two attached hydrogens (primary N) is 1. The highest BCUT2D eigenvalue weighted by molar-refractivity contribution is 5.98. The molecule has 1 aliphatic rings. The largest absolute Gasteiger partial charge is 0.496 e. The second-order valence-corrected chi connectivity index (χ2v) is 7.51. The molecule has 7 nitrogen and oxygen atoms in total. The van der Waals surface area contributed by atoms with Gasteiger partial charge in [-0.05, 0) is 49.2 Å². The number of ether oxygens (including phenoxy) is 1. The number of hydrogen-bond donors (Lipinski definition) is 3. The van der Waals surface area contributed by atoms with Gasteiger partial charge < -0.3 is 21.1 Å². The van der Waals surface area contributed by atoms with E-state index in [9.17, 15) is 4.79 Å². The van der Waals surface area contributed by atoms with E-state index in [0.29, 0.717) is 5.82 Å². The molecular weight excluding hydrogens is 378 g/mol. The minimum Gasteiger partial charge on any atom is -0.496 e. The van der Waals surface area contributed by atoms with Crippen LogP contribution in [0.4, 0.5) is 17.2 Å². The second kappa shape index (κ2) is 8.51. The Hall–Kier alpha value is -3.45. The lowest BCUT2D eigenvalue weighted by atomic mass is 9.98. The number of hydrogen-bond acceptors (Lipinski definition) is 6. The highest BCUT2D eigenvalue weighted by Crippen LogP contribution is 2.30.